The van der Waals surface area contributed by atoms with Gasteiger partial charge in [-0.1, -0.05) is 17.7 Å². The van der Waals surface area contributed by atoms with Crippen LogP contribution in [0.2, 0.25) is 0 Å². The summed E-state index contributed by atoms with van der Waals surface area (Å²) < 4.78 is 7.44. The van der Waals surface area contributed by atoms with E-state index in [0.29, 0.717) is 0 Å². The third-order valence-corrected chi connectivity index (χ3v) is 3.65. The maximum Gasteiger partial charge on any atom is 0.122 e. The standard InChI is InChI=1S/C16H24N4O/c1-5-20-15(9-12(3)19-20)14(18-17)10-13-8-11(2)6-7-16(13)21-4/h6-9,14,18H,5,10,17H2,1-4H3. The van der Waals surface area contributed by atoms with Crippen LogP contribution in [0.1, 0.15) is 35.5 Å². The van der Waals surface area contributed by atoms with Crippen LogP contribution in [0, 0.1) is 13.8 Å². The second kappa shape index (κ2) is 6.74. The smallest absolute Gasteiger partial charge is 0.122 e. The van der Waals surface area contributed by atoms with Crippen LogP contribution in [0.5, 0.6) is 5.75 Å². The molecule has 0 saturated heterocycles. The number of hydrogen-bond acceptors (Lipinski definition) is 4. The van der Waals surface area contributed by atoms with E-state index in [1.165, 1.54) is 5.56 Å². The van der Waals surface area contributed by atoms with Gasteiger partial charge in [0.15, 0.2) is 0 Å². The van der Waals surface area contributed by atoms with Gasteiger partial charge in [-0.25, -0.2) is 0 Å². The molecule has 0 amide bonds. The van der Waals surface area contributed by atoms with Gasteiger partial charge in [0.1, 0.15) is 5.75 Å². The number of methoxy groups -OCH3 is 1. The Bertz CT molecular complexity index is 606. The van der Waals surface area contributed by atoms with E-state index in [1.54, 1.807) is 7.11 Å². The Labute approximate surface area is 126 Å². The second-order valence-electron chi connectivity index (χ2n) is 5.27. The molecule has 1 atom stereocenters. The van der Waals surface area contributed by atoms with Crippen molar-refractivity contribution in [2.24, 2.45) is 5.84 Å². The van der Waals surface area contributed by atoms with Gasteiger partial charge < -0.3 is 4.74 Å². The summed E-state index contributed by atoms with van der Waals surface area (Å²) in [5.74, 6) is 6.67. The molecule has 5 nitrogen and oxygen atoms in total. The maximum atomic E-state index is 5.78. The summed E-state index contributed by atoms with van der Waals surface area (Å²) in [6.07, 6.45) is 0.756. The Balaban J connectivity index is 2.33. The summed E-state index contributed by atoms with van der Waals surface area (Å²) in [6, 6.07) is 8.27. The zero-order chi connectivity index (χ0) is 15.4. The molecule has 1 aromatic carbocycles. The minimum Gasteiger partial charge on any atom is -0.496 e. The van der Waals surface area contributed by atoms with Gasteiger partial charge in [-0.2, -0.15) is 5.10 Å². The highest BCUT2D eigenvalue weighted by atomic mass is 16.5. The molecule has 5 heteroatoms. The summed E-state index contributed by atoms with van der Waals surface area (Å²) in [4.78, 5) is 0. The second-order valence-corrected chi connectivity index (χ2v) is 5.27. The lowest BCUT2D eigenvalue weighted by atomic mass is 10.0. The topological polar surface area (TPSA) is 65.1 Å². The number of nitrogens with one attached hydrogen (secondary N) is 1. The van der Waals surface area contributed by atoms with E-state index in [-0.39, 0.29) is 6.04 Å². The molecule has 1 heterocycles. The van der Waals surface area contributed by atoms with Crippen LogP contribution >= 0.6 is 0 Å². The van der Waals surface area contributed by atoms with Crippen molar-refractivity contribution in [2.45, 2.75) is 39.8 Å². The van der Waals surface area contributed by atoms with Gasteiger partial charge in [0, 0.05) is 6.54 Å². The number of nitrogens with zero attached hydrogens (tertiary/aromatic N) is 2. The fourth-order valence-corrected chi connectivity index (χ4v) is 2.63. The highest BCUT2D eigenvalue weighted by Gasteiger charge is 2.18. The lowest BCUT2D eigenvalue weighted by Gasteiger charge is -2.19. The van der Waals surface area contributed by atoms with Crippen molar-refractivity contribution in [3.63, 3.8) is 0 Å². The SMILES string of the molecule is CCn1nc(C)cc1C(Cc1cc(C)ccc1OC)NN. The van der Waals surface area contributed by atoms with E-state index in [1.807, 2.05) is 23.7 Å². The Hall–Kier alpha value is -1.85. The zero-order valence-electron chi connectivity index (χ0n) is 13.2. The number of aryl methyl sites for hydroxylation is 3. The molecule has 0 spiro atoms. The van der Waals surface area contributed by atoms with Crippen LogP contribution in [0.4, 0.5) is 0 Å². The highest BCUT2D eigenvalue weighted by molar-refractivity contribution is 5.38. The number of hydrogen-bond donors (Lipinski definition) is 2. The predicted molar refractivity (Wildman–Crippen MR) is 84.1 cm³/mol. The summed E-state index contributed by atoms with van der Waals surface area (Å²) in [6.45, 7) is 6.98. The van der Waals surface area contributed by atoms with E-state index >= 15 is 0 Å². The van der Waals surface area contributed by atoms with Crippen LogP contribution in [-0.4, -0.2) is 16.9 Å². The third-order valence-electron chi connectivity index (χ3n) is 3.65. The van der Waals surface area contributed by atoms with Crippen molar-refractivity contribution in [1.29, 1.82) is 0 Å². The van der Waals surface area contributed by atoms with Gasteiger partial charge >= 0.3 is 0 Å². The zero-order valence-corrected chi connectivity index (χ0v) is 13.2. The van der Waals surface area contributed by atoms with E-state index in [0.717, 1.165) is 35.7 Å². The fraction of sp³-hybridized carbons (Fsp3) is 0.438. The molecule has 0 radical (unpaired) electrons. The van der Waals surface area contributed by atoms with E-state index in [9.17, 15) is 0 Å². The molecule has 0 aliphatic heterocycles. The third kappa shape index (κ3) is 3.43. The maximum absolute atomic E-state index is 5.78. The Morgan fingerprint density at radius 2 is 2.10 bits per heavy atom. The van der Waals surface area contributed by atoms with Crippen LogP contribution in [0.25, 0.3) is 0 Å². The van der Waals surface area contributed by atoms with Crippen molar-refractivity contribution in [3.05, 3.63) is 46.8 Å². The van der Waals surface area contributed by atoms with E-state index in [2.05, 4.69) is 36.5 Å². The van der Waals surface area contributed by atoms with E-state index in [4.69, 9.17) is 10.6 Å². The molecular weight excluding hydrogens is 264 g/mol. The molecular formula is C16H24N4O. The average molecular weight is 288 g/mol. The normalized spacial score (nSPS) is 12.4. The van der Waals surface area contributed by atoms with Crippen molar-refractivity contribution >= 4 is 0 Å². The number of rotatable bonds is 6. The Morgan fingerprint density at radius 1 is 1.33 bits per heavy atom. The predicted octanol–water partition coefficient (Wildman–Crippen LogP) is 2.28. The average Bonchev–Trinajstić information content (AvgIpc) is 2.86. The first kappa shape index (κ1) is 15.5. The van der Waals surface area contributed by atoms with Crippen LogP contribution < -0.4 is 16.0 Å². The molecule has 21 heavy (non-hydrogen) atoms. The summed E-state index contributed by atoms with van der Waals surface area (Å²) in [5.41, 5.74) is 7.36. The molecule has 3 N–H and O–H groups in total. The Morgan fingerprint density at radius 3 is 2.71 bits per heavy atom. The first-order valence-corrected chi connectivity index (χ1v) is 7.23. The molecule has 114 valence electrons. The number of aromatic nitrogens is 2. The van der Waals surface area contributed by atoms with Crippen LogP contribution in [-0.2, 0) is 13.0 Å². The van der Waals surface area contributed by atoms with Gasteiger partial charge in [0.25, 0.3) is 0 Å². The van der Waals surface area contributed by atoms with Crippen molar-refractivity contribution in [3.8, 4) is 5.75 Å². The van der Waals surface area contributed by atoms with Gasteiger partial charge in [-0.05, 0) is 44.9 Å². The van der Waals surface area contributed by atoms with Crippen LogP contribution in [0.3, 0.4) is 0 Å². The highest BCUT2D eigenvalue weighted by Crippen LogP contribution is 2.26. The first-order chi connectivity index (χ1) is 10.1. The number of hydrazine groups is 1. The summed E-state index contributed by atoms with van der Waals surface area (Å²) in [7, 11) is 1.69. The lowest BCUT2D eigenvalue weighted by molar-refractivity contribution is 0.403. The van der Waals surface area contributed by atoms with Crippen LogP contribution in [0.15, 0.2) is 24.3 Å². The number of benzene rings is 1. The summed E-state index contributed by atoms with van der Waals surface area (Å²) >= 11 is 0. The molecule has 2 aromatic rings. The fourth-order valence-electron chi connectivity index (χ4n) is 2.63. The van der Waals surface area contributed by atoms with Crippen molar-refractivity contribution in [1.82, 2.24) is 15.2 Å². The van der Waals surface area contributed by atoms with Gasteiger partial charge in [-0.15, -0.1) is 0 Å². The summed E-state index contributed by atoms with van der Waals surface area (Å²) in [5, 5.41) is 4.49. The number of nitrogens with two attached hydrogens (primary N) is 1. The van der Waals surface area contributed by atoms with Gasteiger partial charge in [0.05, 0.1) is 24.5 Å². The lowest BCUT2D eigenvalue weighted by Crippen LogP contribution is -2.31. The molecule has 0 bridgehead atoms. The quantitative estimate of drug-likeness (QED) is 0.632. The molecule has 0 aliphatic rings. The minimum atomic E-state index is 0.00171. The minimum absolute atomic E-state index is 0.00171. The number of ether oxygens (including phenoxy) is 1. The largest absolute Gasteiger partial charge is 0.496 e. The molecule has 0 saturated carbocycles. The molecule has 0 aliphatic carbocycles. The monoisotopic (exact) mass is 288 g/mol. The van der Waals surface area contributed by atoms with Gasteiger partial charge in [-0.3, -0.25) is 16.0 Å². The van der Waals surface area contributed by atoms with Crippen molar-refractivity contribution < 1.29 is 4.74 Å². The first-order valence-electron chi connectivity index (χ1n) is 7.23. The van der Waals surface area contributed by atoms with Gasteiger partial charge in [0.2, 0.25) is 0 Å². The Kier molecular flexibility index (Phi) is 4.98. The van der Waals surface area contributed by atoms with Crippen molar-refractivity contribution in [2.75, 3.05) is 7.11 Å². The van der Waals surface area contributed by atoms with E-state index < -0.39 is 0 Å². The molecule has 0 fully saturated rings. The molecule has 2 rings (SSSR count). The molecule has 1 aromatic heterocycles. The molecule has 1 unspecified atom stereocenters.